The van der Waals surface area contributed by atoms with Gasteiger partial charge in [-0.2, -0.15) is 4.98 Å². The Kier molecular flexibility index (Phi) is 5.18. The molecule has 0 fully saturated rings. The number of anilines is 1. The molecule has 0 spiro atoms. The van der Waals surface area contributed by atoms with Crippen LogP contribution in [0, 0.1) is 12.3 Å². The van der Waals surface area contributed by atoms with E-state index in [1.165, 1.54) is 6.92 Å². The van der Waals surface area contributed by atoms with Crippen molar-refractivity contribution < 1.29 is 14.4 Å². The monoisotopic (exact) mass is 385 g/mol. The van der Waals surface area contributed by atoms with Crippen LogP contribution in [0.3, 0.4) is 0 Å². The lowest BCUT2D eigenvalue weighted by molar-refractivity contribution is 0.0696. The Morgan fingerprint density at radius 3 is 2.67 bits per heavy atom. The highest BCUT2D eigenvalue weighted by molar-refractivity contribution is 6.37. The highest BCUT2D eigenvalue weighted by Gasteiger charge is 2.19. The number of halogens is 1. The lowest BCUT2D eigenvalue weighted by Crippen LogP contribution is -2.11. The highest BCUT2D eigenvalue weighted by Crippen LogP contribution is 2.27. The van der Waals surface area contributed by atoms with Crippen molar-refractivity contribution in [3.63, 3.8) is 0 Å². The maximum absolute atomic E-state index is 11.2. The summed E-state index contributed by atoms with van der Waals surface area (Å²) in [5, 5.41) is 23.9. The number of aryl methyl sites for hydroxylation is 1. The molecule has 0 aliphatic heterocycles. The smallest absolute Gasteiger partial charge is 0.338 e. The standard InChI is InChI=1S/C18H16ClN5O3/c1-9-3-5-11(6-4-9)16-23-13(27-24-16)8-22-17-14(10(2)20)15(19)12(7-21-17)18(25)26/h3-7,20H,8H2,1-2H3,(H,21,22)(H,25,26). The summed E-state index contributed by atoms with van der Waals surface area (Å²) < 4.78 is 5.23. The lowest BCUT2D eigenvalue weighted by atomic mass is 10.1. The summed E-state index contributed by atoms with van der Waals surface area (Å²) in [5.41, 5.74) is 2.10. The van der Waals surface area contributed by atoms with Gasteiger partial charge in [-0.25, -0.2) is 9.78 Å². The van der Waals surface area contributed by atoms with Crippen LogP contribution in [-0.2, 0) is 6.54 Å². The fraction of sp³-hybridized carbons (Fsp3) is 0.167. The van der Waals surface area contributed by atoms with Crippen LogP contribution in [0.2, 0.25) is 5.02 Å². The first-order chi connectivity index (χ1) is 12.9. The maximum atomic E-state index is 11.2. The minimum absolute atomic E-state index is 0.0432. The quantitative estimate of drug-likeness (QED) is 0.551. The molecule has 1 aromatic carbocycles. The van der Waals surface area contributed by atoms with E-state index in [0.29, 0.717) is 11.7 Å². The topological polar surface area (TPSA) is 125 Å². The number of aromatic carboxylic acids is 1. The van der Waals surface area contributed by atoms with E-state index in [0.717, 1.165) is 17.3 Å². The van der Waals surface area contributed by atoms with Crippen molar-refractivity contribution in [2.24, 2.45) is 0 Å². The van der Waals surface area contributed by atoms with Crippen LogP contribution >= 0.6 is 11.6 Å². The molecule has 0 amide bonds. The van der Waals surface area contributed by atoms with Gasteiger partial charge in [0.1, 0.15) is 5.82 Å². The van der Waals surface area contributed by atoms with Gasteiger partial charge in [-0.3, -0.25) is 0 Å². The summed E-state index contributed by atoms with van der Waals surface area (Å²) in [7, 11) is 0. The fourth-order valence-corrected chi connectivity index (χ4v) is 2.78. The highest BCUT2D eigenvalue weighted by atomic mass is 35.5. The number of carbonyl (C=O) groups is 1. The summed E-state index contributed by atoms with van der Waals surface area (Å²) in [6.07, 6.45) is 1.14. The Morgan fingerprint density at radius 1 is 1.33 bits per heavy atom. The zero-order valence-corrected chi connectivity index (χ0v) is 15.3. The molecule has 0 saturated carbocycles. The van der Waals surface area contributed by atoms with Crippen molar-refractivity contribution >= 4 is 29.1 Å². The summed E-state index contributed by atoms with van der Waals surface area (Å²) in [6.45, 7) is 3.64. The predicted octanol–water partition coefficient (Wildman–Crippen LogP) is 3.79. The second kappa shape index (κ2) is 7.55. The van der Waals surface area contributed by atoms with E-state index in [4.69, 9.17) is 26.6 Å². The summed E-state index contributed by atoms with van der Waals surface area (Å²) >= 11 is 6.13. The number of hydrogen-bond acceptors (Lipinski definition) is 7. The Bertz CT molecular complexity index is 1010. The van der Waals surface area contributed by atoms with Crippen LogP contribution in [-0.4, -0.2) is 31.9 Å². The number of pyridine rings is 1. The average Bonchev–Trinajstić information content (AvgIpc) is 3.08. The normalized spacial score (nSPS) is 10.6. The largest absolute Gasteiger partial charge is 0.478 e. The molecule has 27 heavy (non-hydrogen) atoms. The fourth-order valence-electron chi connectivity index (χ4n) is 2.42. The molecule has 0 aliphatic rings. The molecule has 3 rings (SSSR count). The average molecular weight is 386 g/mol. The summed E-state index contributed by atoms with van der Waals surface area (Å²) in [4.78, 5) is 19.6. The van der Waals surface area contributed by atoms with Crippen molar-refractivity contribution in [1.29, 1.82) is 5.41 Å². The maximum Gasteiger partial charge on any atom is 0.338 e. The van der Waals surface area contributed by atoms with Gasteiger partial charge in [0.05, 0.1) is 22.7 Å². The Balaban J connectivity index is 1.81. The van der Waals surface area contributed by atoms with Crippen LogP contribution in [0.1, 0.15) is 34.3 Å². The second-order valence-electron chi connectivity index (χ2n) is 5.87. The number of nitrogens with zero attached hydrogens (tertiary/aromatic N) is 3. The van der Waals surface area contributed by atoms with E-state index in [9.17, 15) is 4.79 Å². The van der Waals surface area contributed by atoms with Crippen LogP contribution in [0.5, 0.6) is 0 Å². The summed E-state index contributed by atoms with van der Waals surface area (Å²) in [6, 6.07) is 7.72. The second-order valence-corrected chi connectivity index (χ2v) is 6.25. The van der Waals surface area contributed by atoms with Crippen LogP contribution in [0.4, 0.5) is 5.82 Å². The van der Waals surface area contributed by atoms with Gasteiger partial charge in [0.2, 0.25) is 11.7 Å². The van der Waals surface area contributed by atoms with Gasteiger partial charge in [0.15, 0.2) is 0 Å². The molecule has 2 aromatic heterocycles. The first-order valence-electron chi connectivity index (χ1n) is 7.97. The van der Waals surface area contributed by atoms with Gasteiger partial charge in [0.25, 0.3) is 0 Å². The van der Waals surface area contributed by atoms with Crippen molar-refractivity contribution in [2.45, 2.75) is 20.4 Å². The Labute approximate surface area is 159 Å². The van der Waals surface area contributed by atoms with Gasteiger partial charge < -0.3 is 20.4 Å². The molecule has 138 valence electrons. The first kappa shape index (κ1) is 18.5. The van der Waals surface area contributed by atoms with Crippen molar-refractivity contribution in [2.75, 3.05) is 5.32 Å². The first-order valence-corrected chi connectivity index (χ1v) is 8.35. The van der Waals surface area contributed by atoms with Crippen LogP contribution in [0.25, 0.3) is 11.4 Å². The molecule has 8 nitrogen and oxygen atoms in total. The number of rotatable bonds is 6. The number of aromatic nitrogens is 3. The van der Waals surface area contributed by atoms with Gasteiger partial charge in [0, 0.05) is 17.5 Å². The van der Waals surface area contributed by atoms with Crippen LogP contribution in [0.15, 0.2) is 35.0 Å². The van der Waals surface area contributed by atoms with Crippen molar-refractivity contribution in [1.82, 2.24) is 15.1 Å². The van der Waals surface area contributed by atoms with E-state index >= 15 is 0 Å². The summed E-state index contributed by atoms with van der Waals surface area (Å²) in [5.74, 6) is -0.157. The minimum Gasteiger partial charge on any atom is -0.478 e. The van der Waals surface area contributed by atoms with Gasteiger partial charge in [-0.1, -0.05) is 46.6 Å². The molecular weight excluding hydrogens is 370 g/mol. The lowest BCUT2D eigenvalue weighted by Gasteiger charge is -2.12. The van der Waals surface area contributed by atoms with Gasteiger partial charge in [-0.15, -0.1) is 0 Å². The molecule has 3 aromatic rings. The number of hydrogen-bond donors (Lipinski definition) is 3. The van der Waals surface area contributed by atoms with Crippen molar-refractivity contribution in [3.8, 4) is 11.4 Å². The van der Waals surface area contributed by atoms with Crippen molar-refractivity contribution in [3.05, 3.63) is 58.1 Å². The SMILES string of the molecule is CC(=N)c1c(NCc2nc(-c3ccc(C)cc3)no2)ncc(C(=O)O)c1Cl. The van der Waals surface area contributed by atoms with E-state index in [-0.39, 0.29) is 34.2 Å². The molecule has 0 bridgehead atoms. The van der Waals surface area contributed by atoms with E-state index in [1.807, 2.05) is 31.2 Å². The van der Waals surface area contributed by atoms with E-state index in [1.54, 1.807) is 0 Å². The number of carboxylic acid groups (broad SMARTS) is 1. The number of nitrogens with one attached hydrogen (secondary N) is 2. The zero-order chi connectivity index (χ0) is 19.6. The molecule has 0 saturated heterocycles. The van der Waals surface area contributed by atoms with E-state index < -0.39 is 5.97 Å². The molecule has 0 unspecified atom stereocenters. The van der Waals surface area contributed by atoms with Crippen LogP contribution < -0.4 is 5.32 Å². The molecular formula is C18H16ClN5O3. The minimum atomic E-state index is -1.21. The zero-order valence-electron chi connectivity index (χ0n) is 14.6. The third-order valence-corrected chi connectivity index (χ3v) is 4.20. The Hall–Kier alpha value is -3.26. The molecule has 0 radical (unpaired) electrons. The predicted molar refractivity (Wildman–Crippen MR) is 101 cm³/mol. The van der Waals surface area contributed by atoms with Gasteiger partial charge >= 0.3 is 5.97 Å². The number of benzene rings is 1. The molecule has 0 atom stereocenters. The number of carboxylic acids is 1. The van der Waals surface area contributed by atoms with E-state index in [2.05, 4.69) is 20.4 Å². The molecule has 0 aliphatic carbocycles. The molecule has 9 heteroatoms. The molecule has 3 N–H and O–H groups in total. The Morgan fingerprint density at radius 2 is 2.04 bits per heavy atom. The van der Waals surface area contributed by atoms with Gasteiger partial charge in [-0.05, 0) is 13.8 Å². The third kappa shape index (κ3) is 3.95. The molecule has 2 heterocycles. The third-order valence-electron chi connectivity index (χ3n) is 3.81.